The highest BCUT2D eigenvalue weighted by Gasteiger charge is 2.27. The number of rotatable bonds is 4. The van der Waals surface area contributed by atoms with E-state index in [1.165, 1.54) is 0 Å². The molecule has 3 atom stereocenters. The summed E-state index contributed by atoms with van der Waals surface area (Å²) in [5, 5.41) is 4.11. The fourth-order valence-electron chi connectivity index (χ4n) is 2.84. The molecule has 0 radical (unpaired) electrons. The first kappa shape index (κ1) is 14.1. The third-order valence-corrected chi connectivity index (χ3v) is 4.16. The summed E-state index contributed by atoms with van der Waals surface area (Å²) in [6.07, 6.45) is 3.37. The smallest absolute Gasteiger partial charge is 0.237 e. The fraction of sp³-hybridized carbons (Fsp3) is 0.438. The first-order valence-electron chi connectivity index (χ1n) is 7.37. The van der Waals surface area contributed by atoms with Gasteiger partial charge in [-0.25, -0.2) is 0 Å². The quantitative estimate of drug-likeness (QED) is 0.793. The molecule has 1 saturated heterocycles. The summed E-state index contributed by atoms with van der Waals surface area (Å²) in [6, 6.07) is 7.56. The van der Waals surface area contributed by atoms with Gasteiger partial charge in [0.2, 0.25) is 5.91 Å². The second-order valence-corrected chi connectivity index (χ2v) is 5.65. The molecule has 2 unspecified atom stereocenters. The number of fused-ring (bicyclic) bond motifs is 1. The molecule has 2 aromatic rings. The number of para-hydroxylation sites is 1. The molecule has 3 rings (SSSR count). The van der Waals surface area contributed by atoms with Crippen LogP contribution in [0, 0.1) is 0 Å². The number of aromatic nitrogens is 1. The van der Waals surface area contributed by atoms with Gasteiger partial charge in [-0.1, -0.05) is 18.2 Å². The van der Waals surface area contributed by atoms with E-state index in [1.54, 1.807) is 0 Å². The highest BCUT2D eigenvalue weighted by molar-refractivity contribution is 5.86. The van der Waals surface area contributed by atoms with Gasteiger partial charge >= 0.3 is 0 Å². The lowest BCUT2D eigenvalue weighted by molar-refractivity contribution is -0.123. The third kappa shape index (κ3) is 2.94. The molecular formula is C16H21N3O2. The molecule has 1 amide bonds. The van der Waals surface area contributed by atoms with Crippen molar-refractivity contribution in [3.63, 3.8) is 0 Å². The van der Waals surface area contributed by atoms with Crippen molar-refractivity contribution in [1.82, 2.24) is 10.3 Å². The monoisotopic (exact) mass is 287 g/mol. The minimum atomic E-state index is -0.544. The van der Waals surface area contributed by atoms with Crippen molar-refractivity contribution in [3.05, 3.63) is 36.0 Å². The number of nitrogens with one attached hydrogen (secondary N) is 2. The third-order valence-electron chi connectivity index (χ3n) is 4.16. The maximum absolute atomic E-state index is 12.2. The van der Waals surface area contributed by atoms with E-state index < -0.39 is 6.04 Å². The van der Waals surface area contributed by atoms with Crippen molar-refractivity contribution < 1.29 is 9.53 Å². The normalized spacial score (nSPS) is 23.3. The van der Waals surface area contributed by atoms with Gasteiger partial charge in [-0.2, -0.15) is 0 Å². The minimum absolute atomic E-state index is 0.0641. The zero-order valence-corrected chi connectivity index (χ0v) is 12.1. The molecule has 0 bridgehead atoms. The van der Waals surface area contributed by atoms with Crippen LogP contribution in [0.4, 0.5) is 0 Å². The van der Waals surface area contributed by atoms with Crippen LogP contribution >= 0.6 is 0 Å². The van der Waals surface area contributed by atoms with Crippen LogP contribution < -0.4 is 11.1 Å². The molecule has 5 heteroatoms. The van der Waals surface area contributed by atoms with E-state index in [-0.39, 0.29) is 18.1 Å². The van der Waals surface area contributed by atoms with Gasteiger partial charge in [-0.15, -0.1) is 0 Å². The number of carbonyl (C=O) groups is 1. The zero-order valence-electron chi connectivity index (χ0n) is 12.1. The Balaban J connectivity index is 1.65. The van der Waals surface area contributed by atoms with Crippen molar-refractivity contribution in [3.8, 4) is 0 Å². The standard InChI is InChI=1S/C16H21N3O2/c1-10-14(6-7-21-10)19-16(20)13(17)8-11-9-18-15-5-3-2-4-12(11)15/h2-5,9-10,13-14,18H,6-8,17H2,1H3,(H,19,20)/t10?,13-,14?/m0/s1. The Hall–Kier alpha value is -1.85. The van der Waals surface area contributed by atoms with E-state index in [1.807, 2.05) is 37.4 Å². The van der Waals surface area contributed by atoms with Crippen LogP contribution in [-0.4, -0.2) is 35.7 Å². The van der Waals surface area contributed by atoms with Crippen LogP contribution in [-0.2, 0) is 16.0 Å². The first-order chi connectivity index (χ1) is 10.1. The lowest BCUT2D eigenvalue weighted by atomic mass is 10.0. The molecule has 0 spiro atoms. The second-order valence-electron chi connectivity index (χ2n) is 5.65. The maximum atomic E-state index is 12.2. The molecule has 112 valence electrons. The van der Waals surface area contributed by atoms with E-state index in [9.17, 15) is 4.79 Å². The van der Waals surface area contributed by atoms with Crippen molar-refractivity contribution in [2.45, 2.75) is 38.0 Å². The van der Waals surface area contributed by atoms with Crippen molar-refractivity contribution in [1.29, 1.82) is 0 Å². The number of benzene rings is 1. The number of amides is 1. The van der Waals surface area contributed by atoms with Gasteiger partial charge in [0.15, 0.2) is 0 Å². The maximum Gasteiger partial charge on any atom is 0.237 e. The number of ether oxygens (including phenoxy) is 1. The summed E-state index contributed by atoms with van der Waals surface area (Å²) in [6.45, 7) is 2.67. The van der Waals surface area contributed by atoms with Crippen LogP contribution in [0.3, 0.4) is 0 Å². The predicted molar refractivity (Wildman–Crippen MR) is 81.9 cm³/mol. The SMILES string of the molecule is CC1OCCC1NC(=O)[C@@H](N)Cc1c[nH]c2ccccc12. The minimum Gasteiger partial charge on any atom is -0.376 e. The van der Waals surface area contributed by atoms with Crippen molar-refractivity contribution in [2.24, 2.45) is 5.73 Å². The highest BCUT2D eigenvalue weighted by Crippen LogP contribution is 2.19. The Morgan fingerprint density at radius 3 is 3.10 bits per heavy atom. The Morgan fingerprint density at radius 2 is 2.33 bits per heavy atom. The first-order valence-corrected chi connectivity index (χ1v) is 7.37. The number of nitrogens with two attached hydrogens (primary N) is 1. The Bertz CT molecular complexity index is 637. The van der Waals surface area contributed by atoms with Gasteiger partial charge < -0.3 is 20.8 Å². The van der Waals surface area contributed by atoms with Crippen molar-refractivity contribution in [2.75, 3.05) is 6.61 Å². The number of hydrogen-bond donors (Lipinski definition) is 3. The van der Waals surface area contributed by atoms with E-state index in [4.69, 9.17) is 10.5 Å². The van der Waals surface area contributed by atoms with Gasteiger partial charge in [-0.05, 0) is 31.4 Å². The molecule has 1 aliphatic heterocycles. The average Bonchev–Trinajstić information content (AvgIpc) is 3.07. The summed E-state index contributed by atoms with van der Waals surface area (Å²) in [5.74, 6) is -0.109. The molecule has 1 aromatic heterocycles. The Kier molecular flexibility index (Phi) is 3.94. The molecule has 0 aliphatic carbocycles. The molecule has 5 nitrogen and oxygen atoms in total. The Morgan fingerprint density at radius 1 is 1.52 bits per heavy atom. The van der Waals surface area contributed by atoms with E-state index in [0.717, 1.165) is 22.9 Å². The summed E-state index contributed by atoms with van der Waals surface area (Å²) >= 11 is 0. The van der Waals surface area contributed by atoms with Gasteiger partial charge in [0, 0.05) is 23.7 Å². The average molecular weight is 287 g/mol. The lowest BCUT2D eigenvalue weighted by Crippen LogP contribution is -2.48. The van der Waals surface area contributed by atoms with Crippen LogP contribution in [0.15, 0.2) is 30.5 Å². The number of hydrogen-bond acceptors (Lipinski definition) is 3. The van der Waals surface area contributed by atoms with Gasteiger partial charge in [0.1, 0.15) is 0 Å². The second kappa shape index (κ2) is 5.87. The van der Waals surface area contributed by atoms with Crippen LogP contribution in [0.25, 0.3) is 10.9 Å². The van der Waals surface area contributed by atoms with Crippen LogP contribution in [0.5, 0.6) is 0 Å². The highest BCUT2D eigenvalue weighted by atomic mass is 16.5. The molecule has 4 N–H and O–H groups in total. The zero-order chi connectivity index (χ0) is 14.8. The molecule has 1 aromatic carbocycles. The fourth-order valence-corrected chi connectivity index (χ4v) is 2.84. The summed E-state index contributed by atoms with van der Waals surface area (Å²) in [5.41, 5.74) is 8.20. The largest absolute Gasteiger partial charge is 0.376 e. The van der Waals surface area contributed by atoms with Gasteiger partial charge in [0.05, 0.1) is 18.2 Å². The van der Waals surface area contributed by atoms with Crippen molar-refractivity contribution >= 4 is 16.8 Å². The molecule has 0 saturated carbocycles. The predicted octanol–water partition coefficient (Wildman–Crippen LogP) is 1.33. The number of carbonyl (C=O) groups excluding carboxylic acids is 1. The summed E-state index contributed by atoms with van der Waals surface area (Å²) in [7, 11) is 0. The molecule has 2 heterocycles. The Labute approximate surface area is 123 Å². The topological polar surface area (TPSA) is 80.1 Å². The lowest BCUT2D eigenvalue weighted by Gasteiger charge is -2.19. The number of H-pyrrole nitrogens is 1. The molecule has 1 aliphatic rings. The summed E-state index contributed by atoms with van der Waals surface area (Å²) < 4.78 is 5.45. The van der Waals surface area contributed by atoms with E-state index >= 15 is 0 Å². The van der Waals surface area contributed by atoms with Gasteiger partial charge in [0.25, 0.3) is 0 Å². The van der Waals surface area contributed by atoms with E-state index in [0.29, 0.717) is 13.0 Å². The van der Waals surface area contributed by atoms with Crippen LogP contribution in [0.1, 0.15) is 18.9 Å². The van der Waals surface area contributed by atoms with Crippen LogP contribution in [0.2, 0.25) is 0 Å². The molecule has 21 heavy (non-hydrogen) atoms. The number of aromatic amines is 1. The van der Waals surface area contributed by atoms with E-state index in [2.05, 4.69) is 10.3 Å². The molecule has 1 fully saturated rings. The molecular weight excluding hydrogens is 266 g/mol. The van der Waals surface area contributed by atoms with Gasteiger partial charge in [-0.3, -0.25) is 4.79 Å². The summed E-state index contributed by atoms with van der Waals surface area (Å²) in [4.78, 5) is 15.4.